The van der Waals surface area contributed by atoms with Crippen LogP contribution in [-0.4, -0.2) is 25.5 Å². The van der Waals surface area contributed by atoms with Crippen LogP contribution in [0.1, 0.15) is 42.1 Å². The number of carbonyl (C=O) groups is 1. The SMILES string of the molecule is CCCNCCNC(=O)c1cc(C)c(CC)o1. The Bertz CT molecular complexity index is 358. The van der Waals surface area contributed by atoms with E-state index < -0.39 is 0 Å². The van der Waals surface area contributed by atoms with E-state index in [-0.39, 0.29) is 5.91 Å². The molecule has 0 fully saturated rings. The first-order valence-corrected chi connectivity index (χ1v) is 6.27. The average molecular weight is 238 g/mol. The van der Waals surface area contributed by atoms with E-state index in [0.29, 0.717) is 12.3 Å². The monoisotopic (exact) mass is 238 g/mol. The Kier molecular flexibility index (Phi) is 5.77. The summed E-state index contributed by atoms with van der Waals surface area (Å²) in [6.45, 7) is 8.49. The summed E-state index contributed by atoms with van der Waals surface area (Å²) in [5, 5.41) is 6.05. The summed E-state index contributed by atoms with van der Waals surface area (Å²) in [6, 6.07) is 1.80. The van der Waals surface area contributed by atoms with Crippen molar-refractivity contribution in [1.82, 2.24) is 10.6 Å². The zero-order chi connectivity index (χ0) is 12.7. The number of hydrogen-bond donors (Lipinski definition) is 2. The second kappa shape index (κ2) is 7.12. The maximum absolute atomic E-state index is 11.7. The van der Waals surface area contributed by atoms with Crippen LogP contribution in [0.25, 0.3) is 0 Å². The molecule has 0 aliphatic heterocycles. The molecular formula is C13H22N2O2. The van der Waals surface area contributed by atoms with E-state index in [4.69, 9.17) is 4.42 Å². The fraction of sp³-hybridized carbons (Fsp3) is 0.615. The molecule has 4 nitrogen and oxygen atoms in total. The second-order valence-electron chi connectivity index (χ2n) is 4.08. The van der Waals surface area contributed by atoms with Crippen LogP contribution in [0.5, 0.6) is 0 Å². The Hall–Kier alpha value is -1.29. The fourth-order valence-corrected chi connectivity index (χ4v) is 1.64. The molecule has 0 bridgehead atoms. The molecule has 0 atom stereocenters. The van der Waals surface area contributed by atoms with Gasteiger partial charge in [0.1, 0.15) is 5.76 Å². The smallest absolute Gasteiger partial charge is 0.287 e. The molecule has 0 aromatic carbocycles. The Morgan fingerprint density at radius 1 is 1.29 bits per heavy atom. The summed E-state index contributed by atoms with van der Waals surface area (Å²) in [5.41, 5.74) is 1.04. The molecular weight excluding hydrogens is 216 g/mol. The number of furan rings is 1. The van der Waals surface area contributed by atoms with E-state index in [1.807, 2.05) is 13.8 Å². The largest absolute Gasteiger partial charge is 0.456 e. The van der Waals surface area contributed by atoms with Crippen LogP contribution in [0.2, 0.25) is 0 Å². The highest BCUT2D eigenvalue weighted by Crippen LogP contribution is 2.14. The topological polar surface area (TPSA) is 54.3 Å². The third kappa shape index (κ3) is 4.23. The maximum atomic E-state index is 11.7. The first-order chi connectivity index (χ1) is 8.19. The standard InChI is InChI=1S/C13H22N2O2/c1-4-6-14-7-8-15-13(16)12-9-10(3)11(5-2)17-12/h9,14H,4-8H2,1-3H3,(H,15,16). The van der Waals surface area contributed by atoms with Crippen molar-refractivity contribution >= 4 is 5.91 Å². The lowest BCUT2D eigenvalue weighted by Gasteiger charge is -2.04. The van der Waals surface area contributed by atoms with Crippen LogP contribution in [0.15, 0.2) is 10.5 Å². The van der Waals surface area contributed by atoms with Crippen molar-refractivity contribution in [2.75, 3.05) is 19.6 Å². The van der Waals surface area contributed by atoms with E-state index in [0.717, 1.165) is 37.3 Å². The molecule has 1 heterocycles. The van der Waals surface area contributed by atoms with Gasteiger partial charge < -0.3 is 15.1 Å². The highest BCUT2D eigenvalue weighted by atomic mass is 16.4. The van der Waals surface area contributed by atoms with Crippen LogP contribution < -0.4 is 10.6 Å². The van der Waals surface area contributed by atoms with Crippen molar-refractivity contribution in [3.63, 3.8) is 0 Å². The average Bonchev–Trinajstić information content (AvgIpc) is 2.70. The van der Waals surface area contributed by atoms with Gasteiger partial charge >= 0.3 is 0 Å². The molecule has 2 N–H and O–H groups in total. The molecule has 1 aromatic rings. The molecule has 1 aromatic heterocycles. The molecule has 0 spiro atoms. The summed E-state index contributed by atoms with van der Waals surface area (Å²) < 4.78 is 5.47. The number of carbonyl (C=O) groups excluding carboxylic acids is 1. The van der Waals surface area contributed by atoms with Gasteiger partial charge in [-0.25, -0.2) is 0 Å². The van der Waals surface area contributed by atoms with Crippen LogP contribution in [0.4, 0.5) is 0 Å². The van der Waals surface area contributed by atoms with Crippen molar-refractivity contribution in [2.24, 2.45) is 0 Å². The van der Waals surface area contributed by atoms with Gasteiger partial charge in [-0.1, -0.05) is 13.8 Å². The molecule has 1 rings (SSSR count). The minimum atomic E-state index is -0.133. The summed E-state index contributed by atoms with van der Waals surface area (Å²) in [6.07, 6.45) is 1.92. The Morgan fingerprint density at radius 3 is 2.65 bits per heavy atom. The molecule has 0 aliphatic carbocycles. The molecule has 4 heteroatoms. The number of aryl methyl sites for hydroxylation is 2. The Morgan fingerprint density at radius 2 is 2.06 bits per heavy atom. The zero-order valence-corrected chi connectivity index (χ0v) is 10.9. The lowest BCUT2D eigenvalue weighted by atomic mass is 10.2. The van der Waals surface area contributed by atoms with E-state index in [1.54, 1.807) is 6.07 Å². The van der Waals surface area contributed by atoms with Crippen molar-refractivity contribution < 1.29 is 9.21 Å². The third-order valence-corrected chi connectivity index (χ3v) is 2.58. The minimum Gasteiger partial charge on any atom is -0.456 e. The number of nitrogens with one attached hydrogen (secondary N) is 2. The molecule has 0 saturated carbocycles. The number of hydrogen-bond acceptors (Lipinski definition) is 3. The van der Waals surface area contributed by atoms with E-state index in [2.05, 4.69) is 17.6 Å². The molecule has 96 valence electrons. The van der Waals surface area contributed by atoms with Gasteiger partial charge in [0, 0.05) is 19.5 Å². The van der Waals surface area contributed by atoms with E-state index in [1.165, 1.54) is 0 Å². The Labute approximate surface area is 103 Å². The first-order valence-electron chi connectivity index (χ1n) is 6.27. The van der Waals surface area contributed by atoms with Crippen molar-refractivity contribution in [3.8, 4) is 0 Å². The van der Waals surface area contributed by atoms with Gasteiger partial charge in [0.2, 0.25) is 0 Å². The summed E-state index contributed by atoms with van der Waals surface area (Å²) in [5.74, 6) is 1.17. The number of rotatable bonds is 7. The van der Waals surface area contributed by atoms with Crippen LogP contribution in [0, 0.1) is 6.92 Å². The van der Waals surface area contributed by atoms with Gasteiger partial charge in [0.15, 0.2) is 5.76 Å². The fourth-order valence-electron chi connectivity index (χ4n) is 1.64. The molecule has 0 saturated heterocycles. The van der Waals surface area contributed by atoms with Gasteiger partial charge in [-0.05, 0) is 31.5 Å². The summed E-state index contributed by atoms with van der Waals surface area (Å²) in [7, 11) is 0. The maximum Gasteiger partial charge on any atom is 0.287 e. The van der Waals surface area contributed by atoms with E-state index >= 15 is 0 Å². The highest BCUT2D eigenvalue weighted by Gasteiger charge is 2.12. The van der Waals surface area contributed by atoms with Gasteiger partial charge in [0.25, 0.3) is 5.91 Å². The molecule has 0 radical (unpaired) electrons. The molecule has 1 amide bonds. The lowest BCUT2D eigenvalue weighted by Crippen LogP contribution is -2.31. The predicted molar refractivity (Wildman–Crippen MR) is 68.3 cm³/mol. The minimum absolute atomic E-state index is 0.133. The van der Waals surface area contributed by atoms with Crippen molar-refractivity contribution in [3.05, 3.63) is 23.2 Å². The second-order valence-corrected chi connectivity index (χ2v) is 4.08. The molecule has 0 unspecified atom stereocenters. The van der Waals surface area contributed by atoms with Crippen LogP contribution >= 0.6 is 0 Å². The highest BCUT2D eigenvalue weighted by molar-refractivity contribution is 5.91. The van der Waals surface area contributed by atoms with E-state index in [9.17, 15) is 4.79 Å². The normalized spacial score (nSPS) is 10.5. The quantitative estimate of drug-likeness (QED) is 0.713. The molecule has 17 heavy (non-hydrogen) atoms. The molecule has 0 aliphatic rings. The lowest BCUT2D eigenvalue weighted by molar-refractivity contribution is 0.0924. The van der Waals surface area contributed by atoms with Crippen LogP contribution in [0.3, 0.4) is 0 Å². The predicted octanol–water partition coefficient (Wildman–Crippen LogP) is 1.88. The van der Waals surface area contributed by atoms with Crippen LogP contribution in [-0.2, 0) is 6.42 Å². The summed E-state index contributed by atoms with van der Waals surface area (Å²) >= 11 is 0. The van der Waals surface area contributed by atoms with Gasteiger partial charge in [-0.3, -0.25) is 4.79 Å². The van der Waals surface area contributed by atoms with Gasteiger partial charge in [-0.15, -0.1) is 0 Å². The zero-order valence-electron chi connectivity index (χ0n) is 10.9. The first kappa shape index (κ1) is 13.8. The summed E-state index contributed by atoms with van der Waals surface area (Å²) in [4.78, 5) is 11.7. The van der Waals surface area contributed by atoms with Gasteiger partial charge in [0.05, 0.1) is 0 Å². The van der Waals surface area contributed by atoms with Crippen molar-refractivity contribution in [1.29, 1.82) is 0 Å². The Balaban J connectivity index is 2.36. The third-order valence-electron chi connectivity index (χ3n) is 2.58. The number of amides is 1. The van der Waals surface area contributed by atoms with Crippen molar-refractivity contribution in [2.45, 2.75) is 33.6 Å². The van der Waals surface area contributed by atoms with Gasteiger partial charge in [-0.2, -0.15) is 0 Å².